The second-order valence-electron chi connectivity index (χ2n) is 10.4. The SMILES string of the molecule is COc1ccc(CN2C(=O)O[C@@H](CCO[Si](c3ccccc3)(c3ccccc3)C(C)(C)C)[C@@H]2C)cc1. The van der Waals surface area contributed by atoms with Crippen LogP contribution in [0.15, 0.2) is 84.9 Å². The van der Waals surface area contributed by atoms with E-state index in [0.717, 1.165) is 11.3 Å². The summed E-state index contributed by atoms with van der Waals surface area (Å²) in [7, 11) is -0.966. The highest BCUT2D eigenvalue weighted by molar-refractivity contribution is 6.99. The first kappa shape index (κ1) is 26.0. The molecule has 0 aromatic heterocycles. The van der Waals surface area contributed by atoms with Crippen molar-refractivity contribution in [2.45, 2.75) is 57.8 Å². The molecule has 1 heterocycles. The summed E-state index contributed by atoms with van der Waals surface area (Å²) in [4.78, 5) is 14.5. The standard InChI is InChI=1S/C30H37NO4Si/c1-23-28(35-29(32)31(23)22-24-16-18-25(33-5)19-17-24)20-21-34-36(30(2,3)4,26-12-8-6-9-13-26)27-14-10-7-11-15-27/h6-19,23,28H,20-22H2,1-5H3/t23-,28-/m0/s1. The van der Waals surface area contributed by atoms with E-state index in [0.29, 0.717) is 19.6 Å². The van der Waals surface area contributed by atoms with Gasteiger partial charge in [-0.2, -0.15) is 0 Å². The molecule has 0 unspecified atom stereocenters. The Bertz CT molecular complexity index is 1090. The summed E-state index contributed by atoms with van der Waals surface area (Å²) in [6, 6.07) is 29.0. The molecular weight excluding hydrogens is 466 g/mol. The molecule has 3 aromatic carbocycles. The van der Waals surface area contributed by atoms with Gasteiger partial charge in [0.05, 0.1) is 13.2 Å². The maximum Gasteiger partial charge on any atom is 0.410 e. The van der Waals surface area contributed by atoms with Gasteiger partial charge in [-0.25, -0.2) is 4.79 Å². The molecule has 1 aliphatic rings. The number of carbonyl (C=O) groups is 1. The van der Waals surface area contributed by atoms with Gasteiger partial charge in [0.2, 0.25) is 0 Å². The second-order valence-corrected chi connectivity index (χ2v) is 14.7. The molecular formula is C30H37NO4Si. The Balaban J connectivity index is 1.50. The van der Waals surface area contributed by atoms with Gasteiger partial charge in [-0.15, -0.1) is 0 Å². The first-order chi connectivity index (χ1) is 17.3. The summed E-state index contributed by atoms with van der Waals surface area (Å²) >= 11 is 0. The number of rotatable bonds is 9. The molecule has 5 nitrogen and oxygen atoms in total. The van der Waals surface area contributed by atoms with Crippen LogP contribution in [0.2, 0.25) is 5.04 Å². The quantitative estimate of drug-likeness (QED) is 0.368. The van der Waals surface area contributed by atoms with E-state index in [1.165, 1.54) is 10.4 Å². The summed E-state index contributed by atoms with van der Waals surface area (Å²) in [5.74, 6) is 0.800. The first-order valence-corrected chi connectivity index (χ1v) is 14.5. The zero-order valence-corrected chi connectivity index (χ0v) is 22.9. The highest BCUT2D eigenvalue weighted by Crippen LogP contribution is 2.37. The average Bonchev–Trinajstić information content (AvgIpc) is 3.15. The highest BCUT2D eigenvalue weighted by Gasteiger charge is 2.50. The number of nitrogens with zero attached hydrogens (tertiary/aromatic N) is 1. The topological polar surface area (TPSA) is 48.0 Å². The van der Waals surface area contributed by atoms with Crippen LogP contribution < -0.4 is 15.1 Å². The molecule has 4 rings (SSSR count). The smallest absolute Gasteiger partial charge is 0.410 e. The number of hydrogen-bond donors (Lipinski definition) is 0. The molecule has 1 amide bonds. The fraction of sp³-hybridized carbons (Fsp3) is 0.367. The maximum atomic E-state index is 12.7. The van der Waals surface area contributed by atoms with Crippen molar-refractivity contribution >= 4 is 24.8 Å². The lowest BCUT2D eigenvalue weighted by Gasteiger charge is -2.43. The third-order valence-electron chi connectivity index (χ3n) is 7.17. The summed E-state index contributed by atoms with van der Waals surface area (Å²) in [5, 5.41) is 2.41. The summed E-state index contributed by atoms with van der Waals surface area (Å²) in [6.45, 7) is 9.90. The third kappa shape index (κ3) is 5.20. The molecule has 0 aliphatic carbocycles. The Hall–Kier alpha value is -3.09. The Morgan fingerprint density at radius 1 is 0.889 bits per heavy atom. The predicted octanol–water partition coefficient (Wildman–Crippen LogP) is 5.37. The normalized spacial score (nSPS) is 18.2. The van der Waals surface area contributed by atoms with Gasteiger partial charge in [-0.3, -0.25) is 4.90 Å². The van der Waals surface area contributed by atoms with E-state index in [1.54, 1.807) is 12.0 Å². The first-order valence-electron chi connectivity index (χ1n) is 12.6. The lowest BCUT2D eigenvalue weighted by Crippen LogP contribution is -2.66. The van der Waals surface area contributed by atoms with Crippen LogP contribution in [0.3, 0.4) is 0 Å². The van der Waals surface area contributed by atoms with Crippen molar-refractivity contribution in [2.75, 3.05) is 13.7 Å². The van der Waals surface area contributed by atoms with Gasteiger partial charge in [0, 0.05) is 19.6 Å². The van der Waals surface area contributed by atoms with E-state index in [-0.39, 0.29) is 23.3 Å². The zero-order valence-electron chi connectivity index (χ0n) is 21.9. The van der Waals surface area contributed by atoms with E-state index < -0.39 is 8.32 Å². The lowest BCUT2D eigenvalue weighted by molar-refractivity contribution is 0.113. The van der Waals surface area contributed by atoms with E-state index in [2.05, 4.69) is 76.2 Å². The van der Waals surface area contributed by atoms with Crippen LogP contribution in [0.25, 0.3) is 0 Å². The van der Waals surface area contributed by atoms with Crippen LogP contribution in [0.1, 0.15) is 39.7 Å². The van der Waals surface area contributed by atoms with E-state index >= 15 is 0 Å². The molecule has 190 valence electrons. The molecule has 0 N–H and O–H groups in total. The maximum absolute atomic E-state index is 12.7. The number of carbonyl (C=O) groups excluding carboxylic acids is 1. The van der Waals surface area contributed by atoms with Gasteiger partial charge >= 0.3 is 6.09 Å². The molecule has 2 atom stereocenters. The van der Waals surface area contributed by atoms with Crippen molar-refractivity contribution < 1.29 is 18.7 Å². The van der Waals surface area contributed by atoms with Gasteiger partial charge in [0.1, 0.15) is 11.9 Å². The number of cyclic esters (lactones) is 1. The molecule has 1 aliphatic heterocycles. The van der Waals surface area contributed by atoms with E-state index in [1.807, 2.05) is 36.4 Å². The van der Waals surface area contributed by atoms with E-state index in [4.69, 9.17) is 13.9 Å². The van der Waals surface area contributed by atoms with Gasteiger partial charge < -0.3 is 13.9 Å². The minimum absolute atomic E-state index is 0.0395. The zero-order chi connectivity index (χ0) is 25.8. The number of amides is 1. The fourth-order valence-electron chi connectivity index (χ4n) is 5.19. The lowest BCUT2D eigenvalue weighted by atomic mass is 10.1. The molecule has 1 fully saturated rings. The summed E-state index contributed by atoms with van der Waals surface area (Å²) < 4.78 is 18.1. The molecule has 6 heteroatoms. The summed E-state index contributed by atoms with van der Waals surface area (Å²) in [5.41, 5.74) is 1.05. The second kappa shape index (κ2) is 10.9. The number of benzene rings is 3. The van der Waals surface area contributed by atoms with Crippen LogP contribution in [0.4, 0.5) is 4.79 Å². The van der Waals surface area contributed by atoms with Gasteiger partial charge in [-0.1, -0.05) is 93.6 Å². The molecule has 0 bridgehead atoms. The van der Waals surface area contributed by atoms with Crippen LogP contribution in [-0.2, 0) is 15.7 Å². The Morgan fingerprint density at radius 3 is 1.94 bits per heavy atom. The number of hydrogen-bond acceptors (Lipinski definition) is 4. The largest absolute Gasteiger partial charge is 0.497 e. The van der Waals surface area contributed by atoms with Gasteiger partial charge in [-0.05, 0) is 40.0 Å². The minimum atomic E-state index is -2.61. The molecule has 1 saturated heterocycles. The Kier molecular flexibility index (Phi) is 7.86. The predicted molar refractivity (Wildman–Crippen MR) is 146 cm³/mol. The molecule has 36 heavy (non-hydrogen) atoms. The summed E-state index contributed by atoms with van der Waals surface area (Å²) in [6.07, 6.45) is 0.166. The number of ether oxygens (including phenoxy) is 2. The van der Waals surface area contributed by atoms with Gasteiger partial charge in [0.25, 0.3) is 8.32 Å². The van der Waals surface area contributed by atoms with Crippen molar-refractivity contribution in [3.05, 3.63) is 90.5 Å². The van der Waals surface area contributed by atoms with Crippen molar-refractivity contribution in [3.8, 4) is 5.75 Å². The fourth-order valence-corrected chi connectivity index (χ4v) is 9.77. The molecule has 0 radical (unpaired) electrons. The van der Waals surface area contributed by atoms with Crippen molar-refractivity contribution in [1.29, 1.82) is 0 Å². The molecule has 0 saturated carbocycles. The van der Waals surface area contributed by atoms with Crippen molar-refractivity contribution in [3.63, 3.8) is 0 Å². The van der Waals surface area contributed by atoms with Crippen LogP contribution in [0.5, 0.6) is 5.75 Å². The minimum Gasteiger partial charge on any atom is -0.497 e. The monoisotopic (exact) mass is 503 g/mol. The molecule has 3 aromatic rings. The van der Waals surface area contributed by atoms with Crippen LogP contribution >= 0.6 is 0 Å². The van der Waals surface area contributed by atoms with Crippen LogP contribution in [0, 0.1) is 0 Å². The Labute approximate surface area is 216 Å². The Morgan fingerprint density at radius 2 is 1.44 bits per heavy atom. The number of methoxy groups -OCH3 is 1. The third-order valence-corrected chi connectivity index (χ3v) is 12.2. The average molecular weight is 504 g/mol. The van der Waals surface area contributed by atoms with Crippen molar-refractivity contribution in [2.24, 2.45) is 0 Å². The van der Waals surface area contributed by atoms with Crippen LogP contribution in [-0.4, -0.2) is 45.2 Å². The highest BCUT2D eigenvalue weighted by atomic mass is 28.4. The van der Waals surface area contributed by atoms with E-state index in [9.17, 15) is 4.79 Å². The van der Waals surface area contributed by atoms with Crippen molar-refractivity contribution in [1.82, 2.24) is 4.90 Å². The van der Waals surface area contributed by atoms with Gasteiger partial charge in [0.15, 0.2) is 0 Å². The molecule has 0 spiro atoms.